The number of nitrogens with zero attached hydrogens (tertiary/aromatic N) is 4. The van der Waals surface area contributed by atoms with Crippen LogP contribution in [0.2, 0.25) is 0 Å². The molecule has 3 rings (SSSR count). The average molecular weight is 417 g/mol. The first kappa shape index (κ1) is 18.5. The van der Waals surface area contributed by atoms with E-state index in [4.69, 9.17) is 9.47 Å². The molecule has 0 unspecified atom stereocenters. The first-order valence-corrected chi connectivity index (χ1v) is 9.51. The third-order valence-corrected chi connectivity index (χ3v) is 4.91. The Kier molecular flexibility index (Phi) is 5.94. The van der Waals surface area contributed by atoms with Crippen molar-refractivity contribution >= 4 is 27.6 Å². The summed E-state index contributed by atoms with van der Waals surface area (Å²) in [5, 5.41) is 18.3. The van der Waals surface area contributed by atoms with Crippen LogP contribution >= 0.6 is 15.9 Å². The highest BCUT2D eigenvalue weighted by Gasteiger charge is 2.18. The van der Waals surface area contributed by atoms with Gasteiger partial charge < -0.3 is 14.0 Å². The van der Waals surface area contributed by atoms with E-state index in [1.54, 1.807) is 7.11 Å². The molecule has 0 N–H and O–H groups in total. The number of halogens is 1. The molecule has 0 spiro atoms. The second-order valence-electron chi connectivity index (χ2n) is 6.04. The van der Waals surface area contributed by atoms with E-state index in [2.05, 4.69) is 36.8 Å². The Hall–Kier alpha value is -2.33. The van der Waals surface area contributed by atoms with Crippen LogP contribution < -0.4 is 9.47 Å². The van der Waals surface area contributed by atoms with E-state index >= 15 is 0 Å². The first-order valence-electron chi connectivity index (χ1n) is 8.72. The molecule has 0 bridgehead atoms. The van der Waals surface area contributed by atoms with Crippen molar-refractivity contribution < 1.29 is 9.47 Å². The molecule has 1 aliphatic heterocycles. The van der Waals surface area contributed by atoms with Crippen LogP contribution in [-0.2, 0) is 13.0 Å². The molecule has 1 aromatic heterocycles. The topological polar surface area (TPSA) is 73.0 Å². The Balaban J connectivity index is 2.03. The third kappa shape index (κ3) is 3.75. The number of benzene rings is 1. The summed E-state index contributed by atoms with van der Waals surface area (Å²) < 4.78 is 13.9. The molecule has 0 saturated heterocycles. The smallest absolute Gasteiger partial charge is 0.174 e. The minimum Gasteiger partial charge on any atom is -0.492 e. The van der Waals surface area contributed by atoms with Gasteiger partial charge in [0.25, 0.3) is 0 Å². The van der Waals surface area contributed by atoms with Gasteiger partial charge in [-0.15, -0.1) is 10.2 Å². The Morgan fingerprint density at radius 3 is 2.92 bits per heavy atom. The van der Waals surface area contributed by atoms with Crippen LogP contribution in [0.15, 0.2) is 16.6 Å². The number of aromatic nitrogens is 3. The van der Waals surface area contributed by atoms with Crippen molar-refractivity contribution in [3.05, 3.63) is 33.8 Å². The van der Waals surface area contributed by atoms with Crippen LogP contribution in [-0.4, -0.2) is 28.5 Å². The fourth-order valence-electron chi connectivity index (χ4n) is 3.13. The molecule has 0 amide bonds. The van der Waals surface area contributed by atoms with Crippen molar-refractivity contribution in [2.75, 3.05) is 13.7 Å². The number of methoxy groups -OCH3 is 1. The number of aryl methyl sites for hydroxylation is 1. The largest absolute Gasteiger partial charge is 0.492 e. The van der Waals surface area contributed by atoms with Crippen LogP contribution in [0.4, 0.5) is 0 Å². The molecule has 136 valence electrons. The van der Waals surface area contributed by atoms with Crippen LogP contribution in [0.3, 0.4) is 0 Å². The van der Waals surface area contributed by atoms with Gasteiger partial charge in [0, 0.05) is 13.0 Å². The minimum atomic E-state index is 0.491. The predicted octanol–water partition coefficient (Wildman–Crippen LogP) is 4.24. The molecule has 1 aliphatic rings. The fraction of sp³-hybridized carbons (Fsp3) is 0.421. The van der Waals surface area contributed by atoms with Gasteiger partial charge in [-0.3, -0.25) is 0 Å². The SMILES string of the molecule is CCOc1cc(/C=C(\C#N)c2nnc3n2CCCCC3)cc(Br)c1OC. The van der Waals surface area contributed by atoms with Gasteiger partial charge in [0.05, 0.1) is 23.8 Å². The summed E-state index contributed by atoms with van der Waals surface area (Å²) in [4.78, 5) is 0. The van der Waals surface area contributed by atoms with E-state index in [1.165, 1.54) is 6.42 Å². The summed E-state index contributed by atoms with van der Waals surface area (Å²) in [6.07, 6.45) is 6.10. The number of allylic oxidation sites excluding steroid dienone is 1. The molecule has 0 fully saturated rings. The van der Waals surface area contributed by atoms with Gasteiger partial charge in [-0.25, -0.2) is 0 Å². The van der Waals surface area contributed by atoms with Crippen molar-refractivity contribution in [1.82, 2.24) is 14.8 Å². The Morgan fingerprint density at radius 2 is 2.19 bits per heavy atom. The van der Waals surface area contributed by atoms with E-state index in [9.17, 15) is 5.26 Å². The normalized spacial score (nSPS) is 14.3. The molecular formula is C19H21BrN4O2. The highest BCUT2D eigenvalue weighted by molar-refractivity contribution is 9.10. The molecule has 26 heavy (non-hydrogen) atoms. The number of fused-ring (bicyclic) bond motifs is 1. The number of rotatable bonds is 5. The molecule has 0 atom stereocenters. The maximum absolute atomic E-state index is 9.71. The zero-order valence-electron chi connectivity index (χ0n) is 15.0. The quantitative estimate of drug-likeness (QED) is 0.681. The van der Waals surface area contributed by atoms with Crippen molar-refractivity contribution in [3.8, 4) is 17.6 Å². The molecule has 0 radical (unpaired) electrons. The second kappa shape index (κ2) is 8.37. The molecule has 6 nitrogen and oxygen atoms in total. The highest BCUT2D eigenvalue weighted by atomic mass is 79.9. The van der Waals surface area contributed by atoms with Crippen molar-refractivity contribution in [2.45, 2.75) is 39.2 Å². The summed E-state index contributed by atoms with van der Waals surface area (Å²) in [7, 11) is 1.60. The Labute approximate surface area is 161 Å². The van der Waals surface area contributed by atoms with E-state index in [0.717, 1.165) is 41.7 Å². The van der Waals surface area contributed by atoms with Crippen molar-refractivity contribution in [2.24, 2.45) is 0 Å². The van der Waals surface area contributed by atoms with Crippen LogP contribution in [0.25, 0.3) is 11.6 Å². The molecule has 2 aromatic rings. The molecule has 7 heteroatoms. The predicted molar refractivity (Wildman–Crippen MR) is 103 cm³/mol. The maximum atomic E-state index is 9.71. The zero-order valence-corrected chi connectivity index (χ0v) is 16.5. The lowest BCUT2D eigenvalue weighted by Crippen LogP contribution is -2.05. The monoisotopic (exact) mass is 416 g/mol. The van der Waals surface area contributed by atoms with Gasteiger partial charge in [-0.05, 0) is 59.5 Å². The number of ether oxygens (including phenoxy) is 2. The van der Waals surface area contributed by atoms with Gasteiger partial charge in [-0.2, -0.15) is 5.26 Å². The zero-order chi connectivity index (χ0) is 18.5. The third-order valence-electron chi connectivity index (χ3n) is 4.32. The van der Waals surface area contributed by atoms with E-state index in [-0.39, 0.29) is 0 Å². The lowest BCUT2D eigenvalue weighted by molar-refractivity contribution is 0.310. The summed E-state index contributed by atoms with van der Waals surface area (Å²) >= 11 is 3.51. The van der Waals surface area contributed by atoms with Gasteiger partial charge in [-0.1, -0.05) is 6.42 Å². The summed E-state index contributed by atoms with van der Waals surface area (Å²) in [5.41, 5.74) is 1.33. The lowest BCUT2D eigenvalue weighted by atomic mass is 10.1. The van der Waals surface area contributed by atoms with E-state index in [0.29, 0.717) is 29.5 Å². The van der Waals surface area contributed by atoms with Gasteiger partial charge >= 0.3 is 0 Å². The Bertz CT molecular complexity index is 867. The molecule has 1 aromatic carbocycles. The molecule has 0 aliphatic carbocycles. The van der Waals surface area contributed by atoms with E-state index in [1.807, 2.05) is 25.1 Å². The first-order chi connectivity index (χ1) is 12.7. The number of hydrogen-bond donors (Lipinski definition) is 0. The van der Waals surface area contributed by atoms with Crippen molar-refractivity contribution in [3.63, 3.8) is 0 Å². The molecular weight excluding hydrogens is 396 g/mol. The fourth-order valence-corrected chi connectivity index (χ4v) is 3.75. The average Bonchev–Trinajstić information content (AvgIpc) is 2.88. The van der Waals surface area contributed by atoms with Crippen molar-refractivity contribution in [1.29, 1.82) is 5.26 Å². The lowest BCUT2D eigenvalue weighted by Gasteiger charge is -2.12. The Morgan fingerprint density at radius 1 is 1.35 bits per heavy atom. The second-order valence-corrected chi connectivity index (χ2v) is 6.89. The van der Waals surface area contributed by atoms with Crippen LogP contribution in [0.1, 0.15) is 43.4 Å². The van der Waals surface area contributed by atoms with Gasteiger partial charge in [0.15, 0.2) is 17.3 Å². The molecule has 2 heterocycles. The van der Waals surface area contributed by atoms with Crippen LogP contribution in [0, 0.1) is 11.3 Å². The standard InChI is InChI=1S/C19H21BrN4O2/c1-3-26-16-11-13(10-15(20)18(16)25-2)9-14(12-21)19-23-22-17-7-5-4-6-8-24(17)19/h9-11H,3-8H2,1-2H3/b14-9+. The van der Waals surface area contributed by atoms with Crippen LogP contribution in [0.5, 0.6) is 11.5 Å². The highest BCUT2D eigenvalue weighted by Crippen LogP contribution is 2.37. The number of hydrogen-bond acceptors (Lipinski definition) is 5. The summed E-state index contributed by atoms with van der Waals surface area (Å²) in [6.45, 7) is 3.30. The van der Waals surface area contributed by atoms with Gasteiger partial charge in [0.1, 0.15) is 11.9 Å². The summed E-state index contributed by atoms with van der Waals surface area (Å²) in [6, 6.07) is 6.04. The molecule has 0 saturated carbocycles. The maximum Gasteiger partial charge on any atom is 0.174 e. The van der Waals surface area contributed by atoms with Gasteiger partial charge in [0.2, 0.25) is 0 Å². The minimum absolute atomic E-state index is 0.491. The number of nitriles is 1. The summed E-state index contributed by atoms with van der Waals surface area (Å²) in [5.74, 6) is 2.87. The van der Waals surface area contributed by atoms with E-state index < -0.39 is 0 Å².